The molecule has 0 unspecified atom stereocenters. The molecule has 2 aromatic heterocycles. The predicted molar refractivity (Wildman–Crippen MR) is 121 cm³/mol. The Morgan fingerprint density at radius 3 is 2.45 bits per heavy atom. The first-order valence-corrected chi connectivity index (χ1v) is 9.99. The predicted octanol–water partition coefficient (Wildman–Crippen LogP) is 4.60. The molecule has 4 rings (SSSR count). The number of carbonyl (C=O) groups excluding carboxylic acids is 1. The maximum Gasteiger partial charge on any atom is 0.270 e. The number of aromatic nitrogens is 2. The summed E-state index contributed by atoms with van der Waals surface area (Å²) in [5, 5.41) is 12.6. The van der Waals surface area contributed by atoms with Crippen LogP contribution in [0.25, 0.3) is 5.65 Å². The molecule has 0 saturated heterocycles. The Bertz CT molecular complexity index is 1240. The fourth-order valence-corrected chi connectivity index (χ4v) is 3.51. The second kappa shape index (κ2) is 10.2. The number of aryl methyl sites for hydroxylation is 1. The number of hydrogen-bond donors (Lipinski definition) is 2. The molecule has 0 aliphatic rings. The lowest BCUT2D eigenvalue weighted by molar-refractivity contribution is 0.0909. The van der Waals surface area contributed by atoms with Crippen LogP contribution < -0.4 is 10.1 Å². The van der Waals surface area contributed by atoms with Crippen molar-refractivity contribution in [2.75, 3.05) is 6.61 Å². The van der Waals surface area contributed by atoms with Crippen LogP contribution in [0, 0.1) is 18.6 Å². The van der Waals surface area contributed by atoms with Crippen LogP contribution in [-0.4, -0.2) is 27.0 Å². The molecule has 0 spiro atoms. The molecule has 2 aromatic carbocycles. The minimum atomic E-state index is -0.701. The van der Waals surface area contributed by atoms with E-state index < -0.39 is 23.6 Å². The van der Waals surface area contributed by atoms with Gasteiger partial charge in [0.1, 0.15) is 23.9 Å². The van der Waals surface area contributed by atoms with Crippen molar-refractivity contribution in [1.29, 1.82) is 0 Å². The molecule has 1 amide bonds. The topological polar surface area (TPSA) is 75.9 Å². The van der Waals surface area contributed by atoms with E-state index in [-0.39, 0.29) is 37.6 Å². The van der Waals surface area contributed by atoms with Crippen molar-refractivity contribution in [3.05, 3.63) is 101 Å². The van der Waals surface area contributed by atoms with Gasteiger partial charge in [-0.3, -0.25) is 9.20 Å². The summed E-state index contributed by atoms with van der Waals surface area (Å²) in [6.45, 7) is 1.08. The number of ether oxygens (including phenoxy) is 1. The first kappa shape index (κ1) is 23.9. The van der Waals surface area contributed by atoms with E-state index in [1.807, 2.05) is 30.3 Å². The first-order chi connectivity index (χ1) is 15.5. The summed E-state index contributed by atoms with van der Waals surface area (Å²) in [5.74, 6) is -1.55. The Balaban J connectivity index is 0.00000306. The van der Waals surface area contributed by atoms with Gasteiger partial charge in [-0.25, -0.2) is 13.8 Å². The van der Waals surface area contributed by atoms with Crippen molar-refractivity contribution in [2.24, 2.45) is 0 Å². The Morgan fingerprint density at radius 1 is 1.09 bits per heavy atom. The number of imidazole rings is 1. The maximum absolute atomic E-state index is 13.9. The number of aliphatic hydroxyl groups excluding tert-OH is 1. The number of benzene rings is 2. The lowest BCUT2D eigenvalue weighted by atomic mass is 10.1. The maximum atomic E-state index is 13.9. The first-order valence-electron chi connectivity index (χ1n) is 9.99. The molecular weight excluding hydrogens is 428 g/mol. The molecule has 0 saturated carbocycles. The molecule has 8 heteroatoms. The molecule has 4 aromatic rings. The number of nitrogens with zero attached hydrogens (tertiary/aromatic N) is 2. The number of carbonyl (C=O) groups is 1. The monoisotopic (exact) mass is 453 g/mol. The summed E-state index contributed by atoms with van der Waals surface area (Å²) in [7, 11) is 0. The number of amides is 1. The van der Waals surface area contributed by atoms with Crippen LogP contribution in [0.15, 0.2) is 66.9 Å². The van der Waals surface area contributed by atoms with Crippen LogP contribution in [0.5, 0.6) is 5.75 Å². The van der Waals surface area contributed by atoms with Gasteiger partial charge >= 0.3 is 0 Å². The van der Waals surface area contributed by atoms with E-state index in [1.165, 1.54) is 6.07 Å². The van der Waals surface area contributed by atoms with E-state index in [9.17, 15) is 18.7 Å². The summed E-state index contributed by atoms with van der Waals surface area (Å²) in [5.41, 5.74) is 1.64. The summed E-state index contributed by atoms with van der Waals surface area (Å²) >= 11 is 0. The van der Waals surface area contributed by atoms with Gasteiger partial charge in [-0.1, -0.05) is 43.8 Å². The highest BCUT2D eigenvalue weighted by atomic mass is 19.1. The normalized spacial score (nSPS) is 11.6. The van der Waals surface area contributed by atoms with E-state index >= 15 is 0 Å². The number of nitrogens with one attached hydrogen (secondary N) is 1. The standard InChI is InChI=1S/C24H21F2N3O3.CH4/c1-15-22(24(31)28-20(13-30)16-7-3-2-4-8-16)29-12-6-11-21(23(29)27-15)32-14-17-18(25)9-5-10-19(17)26;/h2-12,20,30H,13-14H2,1H3,(H,28,31);1H4/t20-;/m0./s1. The average molecular weight is 453 g/mol. The zero-order chi connectivity index (χ0) is 22.7. The van der Waals surface area contributed by atoms with E-state index in [4.69, 9.17) is 4.74 Å². The van der Waals surface area contributed by atoms with Gasteiger partial charge in [0.05, 0.1) is 23.9 Å². The summed E-state index contributed by atoms with van der Waals surface area (Å²) in [4.78, 5) is 17.5. The molecule has 0 bridgehead atoms. The van der Waals surface area contributed by atoms with Crippen LogP contribution in [-0.2, 0) is 6.61 Å². The minimum absolute atomic E-state index is 0. The molecule has 6 nitrogen and oxygen atoms in total. The van der Waals surface area contributed by atoms with Gasteiger partial charge in [-0.2, -0.15) is 0 Å². The molecule has 172 valence electrons. The Hall–Kier alpha value is -3.78. The third kappa shape index (κ3) is 4.85. The number of rotatable bonds is 7. The highest BCUT2D eigenvalue weighted by Crippen LogP contribution is 2.24. The number of aliphatic hydroxyl groups is 1. The Labute approximate surface area is 190 Å². The zero-order valence-corrected chi connectivity index (χ0v) is 17.3. The summed E-state index contributed by atoms with van der Waals surface area (Å²) in [6, 6.07) is 15.4. The van der Waals surface area contributed by atoms with E-state index in [2.05, 4.69) is 10.3 Å². The third-order valence-electron chi connectivity index (χ3n) is 5.13. The zero-order valence-electron chi connectivity index (χ0n) is 17.3. The Kier molecular flexibility index (Phi) is 7.40. The van der Waals surface area contributed by atoms with E-state index in [0.717, 1.165) is 17.7 Å². The SMILES string of the molecule is C.Cc1nc2c(OCc3c(F)cccc3F)cccn2c1C(=O)N[C@@H](CO)c1ccccc1. The van der Waals surface area contributed by atoms with Crippen molar-refractivity contribution in [1.82, 2.24) is 14.7 Å². The van der Waals surface area contributed by atoms with Gasteiger partial charge in [0, 0.05) is 6.20 Å². The van der Waals surface area contributed by atoms with Gasteiger partial charge < -0.3 is 15.2 Å². The van der Waals surface area contributed by atoms with Gasteiger partial charge in [0.15, 0.2) is 11.4 Å². The lowest BCUT2D eigenvalue weighted by Gasteiger charge is -2.17. The van der Waals surface area contributed by atoms with E-state index in [1.54, 1.807) is 29.7 Å². The van der Waals surface area contributed by atoms with Crippen molar-refractivity contribution in [3.63, 3.8) is 0 Å². The molecule has 0 radical (unpaired) electrons. The fraction of sp³-hybridized carbons (Fsp3) is 0.200. The largest absolute Gasteiger partial charge is 0.485 e. The van der Waals surface area contributed by atoms with Gasteiger partial charge in [-0.15, -0.1) is 0 Å². The van der Waals surface area contributed by atoms with Crippen LogP contribution >= 0.6 is 0 Å². The average Bonchev–Trinajstić information content (AvgIpc) is 3.14. The fourth-order valence-electron chi connectivity index (χ4n) is 3.51. The highest BCUT2D eigenvalue weighted by molar-refractivity contribution is 5.95. The molecule has 2 heterocycles. The molecule has 0 aliphatic carbocycles. The second-order valence-corrected chi connectivity index (χ2v) is 7.22. The van der Waals surface area contributed by atoms with Gasteiger partial charge in [0.25, 0.3) is 5.91 Å². The van der Waals surface area contributed by atoms with Gasteiger partial charge in [-0.05, 0) is 36.8 Å². The molecule has 1 atom stereocenters. The summed E-state index contributed by atoms with van der Waals surface area (Å²) in [6.07, 6.45) is 1.65. The quantitative estimate of drug-likeness (QED) is 0.429. The second-order valence-electron chi connectivity index (χ2n) is 7.22. The summed E-state index contributed by atoms with van der Waals surface area (Å²) < 4.78 is 35.0. The Morgan fingerprint density at radius 2 is 1.79 bits per heavy atom. The van der Waals surface area contributed by atoms with Crippen LogP contribution in [0.2, 0.25) is 0 Å². The smallest absolute Gasteiger partial charge is 0.270 e. The number of pyridine rings is 1. The lowest BCUT2D eigenvalue weighted by Crippen LogP contribution is -2.32. The molecule has 0 aliphatic heterocycles. The van der Waals surface area contributed by atoms with Crippen molar-refractivity contribution in [3.8, 4) is 5.75 Å². The van der Waals surface area contributed by atoms with E-state index in [0.29, 0.717) is 11.3 Å². The molecule has 0 fully saturated rings. The van der Waals surface area contributed by atoms with Crippen molar-refractivity contribution in [2.45, 2.75) is 27.0 Å². The van der Waals surface area contributed by atoms with Crippen LogP contribution in [0.1, 0.15) is 40.8 Å². The molecular formula is C25H25F2N3O3. The van der Waals surface area contributed by atoms with Crippen molar-refractivity contribution < 1.29 is 23.4 Å². The van der Waals surface area contributed by atoms with Crippen LogP contribution in [0.4, 0.5) is 8.78 Å². The van der Waals surface area contributed by atoms with Crippen molar-refractivity contribution >= 4 is 11.6 Å². The number of fused-ring (bicyclic) bond motifs is 1. The molecule has 33 heavy (non-hydrogen) atoms. The van der Waals surface area contributed by atoms with Gasteiger partial charge in [0.2, 0.25) is 0 Å². The number of hydrogen-bond acceptors (Lipinski definition) is 4. The molecule has 2 N–H and O–H groups in total. The van der Waals surface area contributed by atoms with Crippen LogP contribution in [0.3, 0.4) is 0 Å². The third-order valence-corrected chi connectivity index (χ3v) is 5.13. The number of halogens is 2. The minimum Gasteiger partial charge on any atom is -0.485 e. The highest BCUT2D eigenvalue weighted by Gasteiger charge is 2.22.